The van der Waals surface area contributed by atoms with Gasteiger partial charge in [-0.1, -0.05) is 23.8 Å². The van der Waals surface area contributed by atoms with E-state index in [-0.39, 0.29) is 24.1 Å². The van der Waals surface area contributed by atoms with Crippen LogP contribution in [0.1, 0.15) is 50.1 Å². The van der Waals surface area contributed by atoms with Gasteiger partial charge in [0.15, 0.2) is 0 Å². The summed E-state index contributed by atoms with van der Waals surface area (Å²) in [4.78, 5) is 18.3. The highest BCUT2D eigenvalue weighted by Crippen LogP contribution is 2.36. The molecule has 0 radical (unpaired) electrons. The molecule has 6 nitrogen and oxygen atoms in total. The number of aromatic nitrogens is 1. The summed E-state index contributed by atoms with van der Waals surface area (Å²) in [6.45, 7) is 7.83. The van der Waals surface area contributed by atoms with E-state index in [9.17, 15) is 9.90 Å². The molecule has 0 spiro atoms. The topological polar surface area (TPSA) is 80.7 Å². The number of aliphatic hydroxyl groups excluding tert-OH is 1. The monoisotopic (exact) mass is 440 g/mol. The molecule has 0 aliphatic carbocycles. The highest BCUT2D eigenvalue weighted by molar-refractivity contribution is 7.10. The van der Waals surface area contributed by atoms with E-state index in [0.717, 1.165) is 21.6 Å². The zero-order valence-corrected chi connectivity index (χ0v) is 19.3. The Hall–Kier alpha value is -2.90. The Morgan fingerprint density at radius 3 is 2.48 bits per heavy atom. The lowest BCUT2D eigenvalue weighted by molar-refractivity contribution is 0.0598. The number of methoxy groups -OCH3 is 1. The normalized spacial score (nSPS) is 11.8. The van der Waals surface area contributed by atoms with Crippen LogP contribution in [0.25, 0.3) is 0 Å². The average Bonchev–Trinajstić information content (AvgIpc) is 3.24. The maximum Gasteiger partial charge on any atom is 0.345 e. The highest BCUT2D eigenvalue weighted by atomic mass is 32.1. The summed E-state index contributed by atoms with van der Waals surface area (Å²) in [6, 6.07) is 9.66. The lowest BCUT2D eigenvalue weighted by atomic mass is 10.1. The second kappa shape index (κ2) is 9.94. The van der Waals surface area contributed by atoms with Gasteiger partial charge in [-0.15, -0.1) is 11.3 Å². The number of benzene rings is 1. The summed E-state index contributed by atoms with van der Waals surface area (Å²) < 4.78 is 11.3. The van der Waals surface area contributed by atoms with Gasteiger partial charge < -0.3 is 19.9 Å². The number of aryl methyl sites for hydroxylation is 4. The van der Waals surface area contributed by atoms with Crippen molar-refractivity contribution in [1.82, 2.24) is 4.98 Å². The molecule has 0 bridgehead atoms. The minimum Gasteiger partial charge on any atom is -0.465 e. The van der Waals surface area contributed by atoms with Gasteiger partial charge in [-0.05, 0) is 62.8 Å². The number of esters is 1. The fourth-order valence-electron chi connectivity index (χ4n) is 3.65. The molecule has 0 amide bonds. The lowest BCUT2D eigenvalue weighted by Gasteiger charge is -2.22. The third-order valence-electron chi connectivity index (χ3n) is 4.94. The fraction of sp³-hybridized carbons (Fsp3) is 0.333. The maximum absolute atomic E-state index is 12.8. The number of nitrogens with one attached hydrogen (secondary N) is 1. The molecule has 2 aromatic heterocycles. The van der Waals surface area contributed by atoms with Gasteiger partial charge in [-0.25, -0.2) is 9.78 Å². The Balaban J connectivity index is 2.08. The van der Waals surface area contributed by atoms with Gasteiger partial charge >= 0.3 is 5.97 Å². The molecular weight excluding hydrogens is 412 g/mol. The predicted octanol–water partition coefficient (Wildman–Crippen LogP) is 5.49. The van der Waals surface area contributed by atoms with Gasteiger partial charge in [0.05, 0.1) is 18.8 Å². The predicted molar refractivity (Wildman–Crippen MR) is 123 cm³/mol. The van der Waals surface area contributed by atoms with Crippen LogP contribution in [0, 0.1) is 27.7 Å². The number of pyridine rings is 1. The summed E-state index contributed by atoms with van der Waals surface area (Å²) >= 11 is 1.59. The Labute approximate surface area is 186 Å². The fourth-order valence-corrected chi connectivity index (χ4v) is 4.46. The van der Waals surface area contributed by atoms with Crippen molar-refractivity contribution in [3.05, 3.63) is 68.5 Å². The summed E-state index contributed by atoms with van der Waals surface area (Å²) in [6.07, 6.45) is 0.495. The average molecular weight is 441 g/mol. The first-order valence-corrected chi connectivity index (χ1v) is 11.0. The lowest BCUT2D eigenvalue weighted by Crippen LogP contribution is -2.16. The van der Waals surface area contributed by atoms with Crippen molar-refractivity contribution in [2.24, 2.45) is 0 Å². The number of carbonyl (C=O) groups is 1. The molecule has 3 aromatic rings. The quantitative estimate of drug-likeness (QED) is 0.451. The van der Waals surface area contributed by atoms with E-state index in [1.54, 1.807) is 17.4 Å². The van der Waals surface area contributed by atoms with E-state index in [0.29, 0.717) is 23.6 Å². The van der Waals surface area contributed by atoms with Crippen molar-refractivity contribution in [2.45, 2.75) is 40.2 Å². The van der Waals surface area contributed by atoms with Crippen LogP contribution in [0.15, 0.2) is 35.7 Å². The van der Waals surface area contributed by atoms with E-state index < -0.39 is 5.97 Å². The van der Waals surface area contributed by atoms with Crippen LogP contribution in [0.4, 0.5) is 5.69 Å². The number of aliphatic hydroxyl groups is 1. The summed E-state index contributed by atoms with van der Waals surface area (Å²) in [5, 5.41) is 14.9. The number of thiophene rings is 1. The van der Waals surface area contributed by atoms with Crippen molar-refractivity contribution in [1.29, 1.82) is 0 Å². The summed E-state index contributed by atoms with van der Waals surface area (Å²) in [7, 11) is 1.34. The van der Waals surface area contributed by atoms with E-state index in [2.05, 4.69) is 10.3 Å². The molecule has 7 heteroatoms. The first kappa shape index (κ1) is 22.8. The molecule has 3 rings (SSSR count). The van der Waals surface area contributed by atoms with Gasteiger partial charge in [0.1, 0.15) is 11.3 Å². The third kappa shape index (κ3) is 5.24. The molecule has 31 heavy (non-hydrogen) atoms. The molecule has 164 valence electrons. The Morgan fingerprint density at radius 1 is 1.19 bits per heavy atom. The van der Waals surface area contributed by atoms with Crippen molar-refractivity contribution >= 4 is 23.0 Å². The summed E-state index contributed by atoms with van der Waals surface area (Å²) in [5.74, 6) is 0.324. The largest absolute Gasteiger partial charge is 0.465 e. The van der Waals surface area contributed by atoms with Crippen LogP contribution >= 0.6 is 11.3 Å². The highest BCUT2D eigenvalue weighted by Gasteiger charge is 2.25. The van der Waals surface area contributed by atoms with E-state index >= 15 is 0 Å². The first-order valence-electron chi connectivity index (χ1n) is 10.1. The Morgan fingerprint density at radius 2 is 1.90 bits per heavy atom. The van der Waals surface area contributed by atoms with Crippen molar-refractivity contribution < 1.29 is 19.4 Å². The molecule has 0 aliphatic heterocycles. The van der Waals surface area contributed by atoms with E-state index in [1.807, 2.05) is 57.3 Å². The number of hydrogen-bond donors (Lipinski definition) is 2. The number of nitrogens with zero attached hydrogens (tertiary/aromatic N) is 1. The number of rotatable bonds is 8. The van der Waals surface area contributed by atoms with Crippen LogP contribution in [0.5, 0.6) is 11.6 Å². The van der Waals surface area contributed by atoms with Gasteiger partial charge in [0, 0.05) is 17.2 Å². The smallest absolute Gasteiger partial charge is 0.345 e. The van der Waals surface area contributed by atoms with Crippen LogP contribution in [0.3, 0.4) is 0 Å². The van der Waals surface area contributed by atoms with Crippen molar-refractivity contribution in [3.8, 4) is 11.6 Å². The molecule has 1 aromatic carbocycles. The first-order chi connectivity index (χ1) is 14.8. The molecule has 0 aliphatic rings. The maximum atomic E-state index is 12.8. The van der Waals surface area contributed by atoms with Crippen LogP contribution in [0.2, 0.25) is 0 Å². The van der Waals surface area contributed by atoms with E-state index in [1.165, 1.54) is 7.11 Å². The second-order valence-corrected chi connectivity index (χ2v) is 8.52. The zero-order chi connectivity index (χ0) is 22.5. The molecule has 0 saturated heterocycles. The minimum absolute atomic E-state index is 0.0122. The molecular formula is C24H28N2O4S. The SMILES string of the molecule is COC(=O)c1c(NC(CCO)c2cccs2)cc(C)nc1Oc1c(C)cc(C)cc1C. The Bertz CT molecular complexity index is 1040. The number of hydrogen-bond acceptors (Lipinski definition) is 7. The standard InChI is InChI=1S/C24H28N2O4S/c1-14-11-15(2)22(16(3)12-14)30-23-21(24(28)29-5)19(13-17(4)25-23)26-18(8-9-27)20-7-6-10-31-20/h6-7,10-13,18,27H,8-9H2,1-5H3,(H,25,26). The zero-order valence-electron chi connectivity index (χ0n) is 18.5. The van der Waals surface area contributed by atoms with Crippen LogP contribution in [-0.4, -0.2) is 29.8 Å². The third-order valence-corrected chi connectivity index (χ3v) is 5.93. The number of anilines is 1. The Kier molecular flexibility index (Phi) is 7.30. The number of carbonyl (C=O) groups excluding carboxylic acids is 1. The van der Waals surface area contributed by atoms with Gasteiger partial charge in [-0.3, -0.25) is 0 Å². The molecule has 0 saturated carbocycles. The van der Waals surface area contributed by atoms with Gasteiger partial charge in [0.2, 0.25) is 5.88 Å². The molecule has 0 fully saturated rings. The molecule has 1 atom stereocenters. The van der Waals surface area contributed by atoms with Gasteiger partial charge in [0.25, 0.3) is 0 Å². The van der Waals surface area contributed by atoms with Gasteiger partial charge in [-0.2, -0.15) is 0 Å². The van der Waals surface area contributed by atoms with Crippen LogP contribution in [-0.2, 0) is 4.74 Å². The molecule has 1 unspecified atom stereocenters. The van der Waals surface area contributed by atoms with Crippen LogP contribution < -0.4 is 10.1 Å². The second-order valence-electron chi connectivity index (χ2n) is 7.54. The summed E-state index contributed by atoms with van der Waals surface area (Å²) in [5.41, 5.74) is 4.54. The molecule has 2 N–H and O–H groups in total. The van der Waals surface area contributed by atoms with Crippen molar-refractivity contribution in [3.63, 3.8) is 0 Å². The minimum atomic E-state index is -0.540. The van der Waals surface area contributed by atoms with Crippen molar-refractivity contribution in [2.75, 3.05) is 19.0 Å². The van der Waals surface area contributed by atoms with E-state index in [4.69, 9.17) is 9.47 Å². The number of ether oxygens (including phenoxy) is 2. The molecule has 2 heterocycles.